The summed E-state index contributed by atoms with van der Waals surface area (Å²) in [7, 11) is 0. The van der Waals surface area contributed by atoms with Crippen LogP contribution in [-0.2, 0) is 0 Å². The molecule has 0 fully saturated rings. The molecule has 0 radical (unpaired) electrons. The third-order valence-corrected chi connectivity index (χ3v) is 5.41. The summed E-state index contributed by atoms with van der Waals surface area (Å²) in [5, 5.41) is 0.378. The van der Waals surface area contributed by atoms with Crippen molar-refractivity contribution in [1.29, 1.82) is 0 Å². The number of benzene rings is 4. The van der Waals surface area contributed by atoms with Gasteiger partial charge < -0.3 is 0 Å². The molecule has 0 saturated heterocycles. The van der Waals surface area contributed by atoms with Crippen molar-refractivity contribution in [1.82, 2.24) is 9.97 Å². The van der Waals surface area contributed by atoms with Gasteiger partial charge in [-0.05, 0) is 34.4 Å². The van der Waals surface area contributed by atoms with Gasteiger partial charge in [-0.15, -0.1) is 0 Å². The lowest BCUT2D eigenvalue weighted by Crippen LogP contribution is -1.94. The maximum absolute atomic E-state index is 6.26. The summed E-state index contributed by atoms with van der Waals surface area (Å²) in [6, 6.07) is 37.4. The summed E-state index contributed by atoms with van der Waals surface area (Å²) in [6.07, 6.45) is 1.61. The van der Waals surface area contributed by atoms with Gasteiger partial charge in [0.15, 0.2) is 0 Å². The Balaban J connectivity index is 1.63. The van der Waals surface area contributed by atoms with Crippen molar-refractivity contribution in [3.63, 3.8) is 0 Å². The molecule has 0 unspecified atom stereocenters. The van der Waals surface area contributed by atoms with E-state index in [1.54, 1.807) is 6.20 Å². The van der Waals surface area contributed by atoms with Crippen molar-refractivity contribution in [2.75, 3.05) is 0 Å². The number of hydrogen-bond acceptors (Lipinski definition) is 2. The quantitative estimate of drug-likeness (QED) is 0.297. The van der Waals surface area contributed by atoms with Gasteiger partial charge in [0.1, 0.15) is 5.15 Å². The number of halogens is 1. The molecule has 5 aromatic rings. The van der Waals surface area contributed by atoms with Crippen LogP contribution in [0, 0.1) is 0 Å². The first-order valence-electron chi connectivity index (χ1n) is 10.1. The summed E-state index contributed by atoms with van der Waals surface area (Å²) in [4.78, 5) is 9.33. The lowest BCUT2D eigenvalue weighted by Gasteiger charge is -2.12. The van der Waals surface area contributed by atoms with Gasteiger partial charge in [-0.25, -0.2) is 4.98 Å². The summed E-state index contributed by atoms with van der Waals surface area (Å²) in [5.41, 5.74) is 8.17. The van der Waals surface area contributed by atoms with E-state index in [0.717, 1.165) is 39.2 Å². The fourth-order valence-electron chi connectivity index (χ4n) is 3.73. The van der Waals surface area contributed by atoms with E-state index in [1.165, 1.54) is 5.56 Å². The second-order valence-electron chi connectivity index (χ2n) is 7.28. The second-order valence-corrected chi connectivity index (χ2v) is 7.67. The molecule has 0 aliphatic heterocycles. The van der Waals surface area contributed by atoms with Crippen LogP contribution in [0.1, 0.15) is 0 Å². The Morgan fingerprint density at radius 1 is 0.452 bits per heavy atom. The van der Waals surface area contributed by atoms with E-state index in [2.05, 4.69) is 76.7 Å². The van der Waals surface area contributed by atoms with Crippen LogP contribution >= 0.6 is 11.6 Å². The molecule has 0 aliphatic carbocycles. The Labute approximate surface area is 186 Å². The molecular weight excluding hydrogens is 400 g/mol. The third-order valence-electron chi connectivity index (χ3n) is 5.23. The fourth-order valence-corrected chi connectivity index (χ4v) is 3.87. The smallest absolute Gasteiger partial charge is 0.148 e. The van der Waals surface area contributed by atoms with Gasteiger partial charge in [0.05, 0.1) is 17.6 Å². The molecule has 0 amide bonds. The minimum absolute atomic E-state index is 0.378. The van der Waals surface area contributed by atoms with Gasteiger partial charge >= 0.3 is 0 Å². The zero-order valence-corrected chi connectivity index (χ0v) is 17.5. The third kappa shape index (κ3) is 4.11. The van der Waals surface area contributed by atoms with Gasteiger partial charge in [0.2, 0.25) is 0 Å². The molecule has 0 atom stereocenters. The minimum Gasteiger partial charge on any atom is -0.251 e. The molecule has 4 aromatic carbocycles. The maximum atomic E-state index is 6.26. The molecule has 0 N–H and O–H groups in total. The lowest BCUT2D eigenvalue weighted by atomic mass is 9.97. The zero-order chi connectivity index (χ0) is 21.0. The first-order valence-corrected chi connectivity index (χ1v) is 10.5. The topological polar surface area (TPSA) is 25.8 Å². The Kier molecular flexibility index (Phi) is 5.30. The molecule has 148 valence electrons. The normalized spacial score (nSPS) is 10.7. The first-order chi connectivity index (χ1) is 15.3. The molecule has 1 heterocycles. The lowest BCUT2D eigenvalue weighted by molar-refractivity contribution is 1.21. The molecule has 1 aromatic heterocycles. The van der Waals surface area contributed by atoms with E-state index in [1.807, 2.05) is 42.5 Å². The number of nitrogens with zero attached hydrogens (tertiary/aromatic N) is 2. The van der Waals surface area contributed by atoms with Crippen LogP contribution in [0.4, 0.5) is 0 Å². The standard InChI is InChI=1S/C28H19ClN2/c29-26-19-30-27(24-15-7-13-22(17-24)20-9-3-1-4-10-20)28(31-26)25-16-8-14-23(18-25)21-11-5-2-6-12-21/h1-19H. The van der Waals surface area contributed by atoms with E-state index in [-0.39, 0.29) is 0 Å². The van der Waals surface area contributed by atoms with Crippen LogP contribution in [0.5, 0.6) is 0 Å². The van der Waals surface area contributed by atoms with Crippen molar-refractivity contribution >= 4 is 11.6 Å². The van der Waals surface area contributed by atoms with Crippen LogP contribution in [-0.4, -0.2) is 9.97 Å². The van der Waals surface area contributed by atoms with Crippen LogP contribution in [0.25, 0.3) is 44.8 Å². The SMILES string of the molecule is Clc1cnc(-c2cccc(-c3ccccc3)c2)c(-c2cccc(-c3ccccc3)c2)n1. The zero-order valence-electron chi connectivity index (χ0n) is 16.7. The van der Waals surface area contributed by atoms with Crippen LogP contribution in [0.2, 0.25) is 5.15 Å². The van der Waals surface area contributed by atoms with E-state index in [0.29, 0.717) is 5.15 Å². The van der Waals surface area contributed by atoms with E-state index < -0.39 is 0 Å². The molecule has 3 heteroatoms. The van der Waals surface area contributed by atoms with E-state index >= 15 is 0 Å². The molecule has 2 nitrogen and oxygen atoms in total. The molecule has 5 rings (SSSR count). The number of rotatable bonds is 4. The van der Waals surface area contributed by atoms with Crippen molar-refractivity contribution < 1.29 is 0 Å². The maximum Gasteiger partial charge on any atom is 0.148 e. The predicted octanol–water partition coefficient (Wildman–Crippen LogP) is 7.80. The molecular formula is C28H19ClN2. The monoisotopic (exact) mass is 418 g/mol. The predicted molar refractivity (Wildman–Crippen MR) is 129 cm³/mol. The summed E-state index contributed by atoms with van der Waals surface area (Å²) in [6.45, 7) is 0. The van der Waals surface area contributed by atoms with Gasteiger partial charge in [0, 0.05) is 11.1 Å². The minimum atomic E-state index is 0.378. The second kappa shape index (κ2) is 8.55. The highest BCUT2D eigenvalue weighted by Crippen LogP contribution is 2.34. The summed E-state index contributed by atoms with van der Waals surface area (Å²) < 4.78 is 0. The van der Waals surface area contributed by atoms with E-state index in [4.69, 9.17) is 11.6 Å². The molecule has 0 bridgehead atoms. The fraction of sp³-hybridized carbons (Fsp3) is 0. The number of aromatic nitrogens is 2. The summed E-state index contributed by atoms with van der Waals surface area (Å²) in [5.74, 6) is 0. The highest BCUT2D eigenvalue weighted by Gasteiger charge is 2.13. The average molecular weight is 419 g/mol. The Bertz CT molecular complexity index is 1330. The molecule has 0 saturated carbocycles. The van der Waals surface area contributed by atoms with Gasteiger partial charge in [-0.2, -0.15) is 0 Å². The Morgan fingerprint density at radius 2 is 0.903 bits per heavy atom. The van der Waals surface area contributed by atoms with Crippen LogP contribution in [0.3, 0.4) is 0 Å². The van der Waals surface area contributed by atoms with Gasteiger partial charge in [-0.1, -0.05) is 109 Å². The van der Waals surface area contributed by atoms with Crippen LogP contribution < -0.4 is 0 Å². The van der Waals surface area contributed by atoms with Crippen molar-refractivity contribution in [2.45, 2.75) is 0 Å². The van der Waals surface area contributed by atoms with Crippen LogP contribution in [0.15, 0.2) is 115 Å². The largest absolute Gasteiger partial charge is 0.251 e. The van der Waals surface area contributed by atoms with Crippen molar-refractivity contribution in [2.24, 2.45) is 0 Å². The van der Waals surface area contributed by atoms with Crippen molar-refractivity contribution in [3.8, 4) is 44.8 Å². The summed E-state index contributed by atoms with van der Waals surface area (Å²) >= 11 is 6.26. The average Bonchev–Trinajstić information content (AvgIpc) is 2.85. The Hall–Kier alpha value is -3.75. The van der Waals surface area contributed by atoms with Gasteiger partial charge in [0.25, 0.3) is 0 Å². The van der Waals surface area contributed by atoms with Gasteiger partial charge in [-0.3, -0.25) is 4.98 Å². The van der Waals surface area contributed by atoms with E-state index in [9.17, 15) is 0 Å². The highest BCUT2D eigenvalue weighted by atomic mass is 35.5. The molecule has 31 heavy (non-hydrogen) atoms. The molecule has 0 spiro atoms. The Morgan fingerprint density at radius 3 is 1.45 bits per heavy atom. The highest BCUT2D eigenvalue weighted by molar-refractivity contribution is 6.29. The number of hydrogen-bond donors (Lipinski definition) is 0. The molecule has 0 aliphatic rings. The first kappa shape index (κ1) is 19.2. The van der Waals surface area contributed by atoms with Crippen molar-refractivity contribution in [3.05, 3.63) is 121 Å².